The highest BCUT2D eigenvalue weighted by Gasteiger charge is 2.03. The van der Waals surface area contributed by atoms with Crippen LogP contribution in [-0.2, 0) is 0 Å². The molecule has 0 unspecified atom stereocenters. The van der Waals surface area contributed by atoms with E-state index in [4.69, 9.17) is 0 Å². The van der Waals surface area contributed by atoms with Crippen molar-refractivity contribution < 1.29 is 0 Å². The molecule has 0 aliphatic carbocycles. The van der Waals surface area contributed by atoms with Gasteiger partial charge in [0.1, 0.15) is 0 Å². The number of allylic oxidation sites excluding steroid dienone is 6. The van der Waals surface area contributed by atoms with Crippen molar-refractivity contribution in [2.75, 3.05) is 0 Å². The van der Waals surface area contributed by atoms with Gasteiger partial charge in [-0.1, -0.05) is 73.9 Å². The van der Waals surface area contributed by atoms with E-state index in [0.717, 1.165) is 16.7 Å². The number of hydrogen-bond donors (Lipinski definition) is 0. The maximum Gasteiger partial charge on any atom is -0.0175 e. The molecule has 0 amide bonds. The van der Waals surface area contributed by atoms with Crippen LogP contribution in [0.5, 0.6) is 0 Å². The molecular formula is C23H24. The number of hydrogen-bond acceptors (Lipinski definition) is 0. The second-order valence-corrected chi connectivity index (χ2v) is 5.81. The first kappa shape index (κ1) is 16.8. The van der Waals surface area contributed by atoms with Gasteiger partial charge in [-0.15, -0.1) is 0 Å². The molecule has 116 valence electrons. The predicted molar refractivity (Wildman–Crippen MR) is 103 cm³/mol. The third-order valence-corrected chi connectivity index (χ3v) is 3.98. The van der Waals surface area contributed by atoms with Crippen molar-refractivity contribution in [3.05, 3.63) is 102 Å². The Hall–Kier alpha value is -2.60. The highest BCUT2D eigenvalue weighted by atomic mass is 14.1. The molecule has 0 radical (unpaired) electrons. The Balaban J connectivity index is 2.30. The first-order valence-electron chi connectivity index (χ1n) is 7.88. The summed E-state index contributed by atoms with van der Waals surface area (Å²) in [5.74, 6) is 0. The molecule has 0 nitrogen and oxygen atoms in total. The molecule has 0 heterocycles. The summed E-state index contributed by atoms with van der Waals surface area (Å²) in [6, 6.07) is 17.0. The summed E-state index contributed by atoms with van der Waals surface area (Å²) in [5, 5.41) is 0. The molecule has 0 atom stereocenters. The predicted octanol–water partition coefficient (Wildman–Crippen LogP) is 6.75. The van der Waals surface area contributed by atoms with Crippen LogP contribution in [0.4, 0.5) is 0 Å². The monoisotopic (exact) mass is 300 g/mol. The summed E-state index contributed by atoms with van der Waals surface area (Å²) < 4.78 is 0. The van der Waals surface area contributed by atoms with Gasteiger partial charge in [0, 0.05) is 0 Å². The van der Waals surface area contributed by atoms with Gasteiger partial charge in [-0.25, -0.2) is 0 Å². The van der Waals surface area contributed by atoms with Crippen LogP contribution in [0.2, 0.25) is 0 Å². The van der Waals surface area contributed by atoms with Gasteiger partial charge >= 0.3 is 0 Å². The Morgan fingerprint density at radius 3 is 2.26 bits per heavy atom. The van der Waals surface area contributed by atoms with E-state index < -0.39 is 0 Å². The van der Waals surface area contributed by atoms with E-state index in [1.54, 1.807) is 0 Å². The first-order valence-corrected chi connectivity index (χ1v) is 7.88. The zero-order chi connectivity index (χ0) is 16.8. The van der Waals surface area contributed by atoms with Crippen molar-refractivity contribution in [3.63, 3.8) is 0 Å². The highest BCUT2D eigenvalue weighted by molar-refractivity contribution is 5.77. The van der Waals surface area contributed by atoms with Crippen molar-refractivity contribution in [2.24, 2.45) is 0 Å². The maximum absolute atomic E-state index is 4.21. The van der Waals surface area contributed by atoms with Gasteiger partial charge in [0.2, 0.25) is 0 Å². The molecule has 0 aliphatic heterocycles. The Morgan fingerprint density at radius 2 is 1.61 bits per heavy atom. The Bertz CT molecular complexity index is 771. The number of rotatable bonds is 5. The molecule has 0 saturated heterocycles. The van der Waals surface area contributed by atoms with E-state index in [9.17, 15) is 0 Å². The Kier molecular flexibility index (Phi) is 5.54. The fourth-order valence-corrected chi connectivity index (χ4v) is 2.38. The lowest BCUT2D eigenvalue weighted by Gasteiger charge is -2.08. The van der Waals surface area contributed by atoms with E-state index in [1.807, 2.05) is 25.1 Å². The third kappa shape index (κ3) is 4.43. The summed E-state index contributed by atoms with van der Waals surface area (Å²) in [5.41, 5.74) is 8.02. The number of benzene rings is 2. The number of aryl methyl sites for hydroxylation is 1. The lowest BCUT2D eigenvalue weighted by atomic mass is 9.96. The minimum absolute atomic E-state index is 0.996. The van der Waals surface area contributed by atoms with Gasteiger partial charge < -0.3 is 0 Å². The topological polar surface area (TPSA) is 0 Å². The molecule has 0 aliphatic rings. The lowest BCUT2D eigenvalue weighted by molar-refractivity contribution is 1.41. The summed E-state index contributed by atoms with van der Waals surface area (Å²) in [4.78, 5) is 0. The fraction of sp³-hybridized carbons (Fsp3) is 0.130. The van der Waals surface area contributed by atoms with Gasteiger partial charge in [0.15, 0.2) is 0 Å². The van der Waals surface area contributed by atoms with Crippen LogP contribution in [0.3, 0.4) is 0 Å². The van der Waals surface area contributed by atoms with Crippen LogP contribution in [0.15, 0.2) is 91.1 Å². The van der Waals surface area contributed by atoms with Crippen LogP contribution in [0, 0.1) is 6.92 Å². The normalized spacial score (nSPS) is 11.7. The molecule has 23 heavy (non-hydrogen) atoms. The van der Waals surface area contributed by atoms with Crippen LogP contribution in [0.1, 0.15) is 25.0 Å². The SMILES string of the molecule is C=C(/C=C\C(=C)c1cc(C)cc(-c2ccccc2)c1)/C(C)=C/C. The zero-order valence-electron chi connectivity index (χ0n) is 14.3. The molecule has 0 bridgehead atoms. The Labute approximate surface area is 140 Å². The van der Waals surface area contributed by atoms with Crippen molar-refractivity contribution >= 4 is 5.57 Å². The lowest BCUT2D eigenvalue weighted by Crippen LogP contribution is -1.86. The summed E-state index contributed by atoms with van der Waals surface area (Å²) in [7, 11) is 0. The van der Waals surface area contributed by atoms with Crippen LogP contribution >= 0.6 is 0 Å². The van der Waals surface area contributed by atoms with E-state index in [1.165, 1.54) is 22.3 Å². The minimum Gasteiger partial charge on any atom is -0.0915 e. The highest BCUT2D eigenvalue weighted by Crippen LogP contribution is 2.26. The van der Waals surface area contributed by atoms with Gasteiger partial charge in [-0.05, 0) is 65.8 Å². The van der Waals surface area contributed by atoms with Crippen molar-refractivity contribution in [2.45, 2.75) is 20.8 Å². The standard InChI is InChI=1S/C23H24/c1-6-18(3)19(4)12-13-20(5)22-14-17(2)15-23(16-22)21-10-8-7-9-11-21/h6-16H,4-5H2,1-3H3/b13-12-,18-6+. The second-order valence-electron chi connectivity index (χ2n) is 5.81. The second kappa shape index (κ2) is 7.60. The van der Waals surface area contributed by atoms with Gasteiger partial charge in [-0.2, -0.15) is 0 Å². The summed E-state index contributed by atoms with van der Waals surface area (Å²) in [6.07, 6.45) is 6.14. The van der Waals surface area contributed by atoms with Crippen LogP contribution < -0.4 is 0 Å². The molecule has 0 fully saturated rings. The molecule has 2 rings (SSSR count). The van der Waals surface area contributed by atoms with E-state index in [0.29, 0.717) is 0 Å². The summed E-state index contributed by atoms with van der Waals surface area (Å²) in [6.45, 7) is 14.5. The first-order chi connectivity index (χ1) is 11.0. The molecule has 0 spiro atoms. The van der Waals surface area contributed by atoms with Gasteiger partial charge in [0.25, 0.3) is 0 Å². The molecule has 0 saturated carbocycles. The van der Waals surface area contributed by atoms with Gasteiger partial charge in [0.05, 0.1) is 0 Å². The molecule has 0 N–H and O–H groups in total. The van der Waals surface area contributed by atoms with Crippen LogP contribution in [0.25, 0.3) is 16.7 Å². The van der Waals surface area contributed by atoms with Crippen molar-refractivity contribution in [1.82, 2.24) is 0 Å². The molecule has 0 aromatic heterocycles. The quantitative estimate of drug-likeness (QED) is 0.535. The van der Waals surface area contributed by atoms with Gasteiger partial charge in [-0.3, -0.25) is 0 Å². The van der Waals surface area contributed by atoms with Crippen molar-refractivity contribution in [1.29, 1.82) is 0 Å². The molecular weight excluding hydrogens is 276 g/mol. The maximum atomic E-state index is 4.21. The minimum atomic E-state index is 0.996. The fourth-order valence-electron chi connectivity index (χ4n) is 2.38. The zero-order valence-corrected chi connectivity index (χ0v) is 14.3. The van der Waals surface area contributed by atoms with Crippen LogP contribution in [-0.4, -0.2) is 0 Å². The molecule has 2 aromatic carbocycles. The van der Waals surface area contributed by atoms with Crippen molar-refractivity contribution in [3.8, 4) is 11.1 Å². The smallest absolute Gasteiger partial charge is 0.0175 e. The average molecular weight is 300 g/mol. The summed E-state index contributed by atoms with van der Waals surface area (Å²) >= 11 is 0. The van der Waals surface area contributed by atoms with E-state index in [2.05, 4.69) is 75.5 Å². The van der Waals surface area contributed by atoms with E-state index >= 15 is 0 Å². The third-order valence-electron chi connectivity index (χ3n) is 3.98. The molecule has 0 heteroatoms. The van der Waals surface area contributed by atoms with E-state index in [-0.39, 0.29) is 0 Å². The largest absolute Gasteiger partial charge is 0.0915 e. The average Bonchev–Trinajstić information content (AvgIpc) is 2.58. The Morgan fingerprint density at radius 1 is 0.913 bits per heavy atom. The molecule has 2 aromatic rings.